The number of hydrogen-bond donors (Lipinski definition) is 0. The monoisotopic (exact) mass is 482 g/mol. The van der Waals surface area contributed by atoms with E-state index in [2.05, 4.69) is 60.6 Å². The quantitative estimate of drug-likeness (QED) is 0.283. The second-order valence-corrected chi connectivity index (χ2v) is 16.0. The lowest BCUT2D eigenvalue weighted by atomic mass is 9.32. The summed E-state index contributed by atoms with van der Waals surface area (Å²) < 4.78 is 13.1. The van der Waals surface area contributed by atoms with Crippen LogP contribution in [-0.2, 0) is 14.3 Å². The predicted octanol–water partition coefficient (Wildman–Crippen LogP) is 7.73. The van der Waals surface area contributed by atoms with Crippen LogP contribution >= 0.6 is 0 Å². The Morgan fingerprint density at radius 2 is 1.60 bits per heavy atom. The summed E-state index contributed by atoms with van der Waals surface area (Å²) in [5, 5.41) is 0. The summed E-state index contributed by atoms with van der Waals surface area (Å²) in [7, 11) is 0. The van der Waals surface area contributed by atoms with E-state index >= 15 is 0 Å². The van der Waals surface area contributed by atoms with Crippen LogP contribution in [0.25, 0.3) is 0 Å². The second-order valence-electron chi connectivity index (χ2n) is 16.0. The number of rotatable bonds is 1. The van der Waals surface area contributed by atoms with Crippen molar-refractivity contribution >= 4 is 5.97 Å². The lowest BCUT2D eigenvalue weighted by Crippen LogP contribution is -2.70. The molecule has 0 radical (unpaired) electrons. The van der Waals surface area contributed by atoms with Crippen LogP contribution in [-0.4, -0.2) is 24.3 Å². The van der Waals surface area contributed by atoms with E-state index in [9.17, 15) is 4.79 Å². The molecular formula is C32H50O3. The van der Waals surface area contributed by atoms with Gasteiger partial charge in [-0.25, -0.2) is 0 Å². The smallest absolute Gasteiger partial charge is 0.302 e. The van der Waals surface area contributed by atoms with Crippen LogP contribution in [0.5, 0.6) is 0 Å². The maximum atomic E-state index is 11.9. The third-order valence-electron chi connectivity index (χ3n) is 13.8. The van der Waals surface area contributed by atoms with E-state index in [1.54, 1.807) is 6.92 Å². The summed E-state index contributed by atoms with van der Waals surface area (Å²) in [6.07, 6.45) is 16.6. The molecule has 2 bridgehead atoms. The third-order valence-corrected chi connectivity index (χ3v) is 13.8. The molecule has 3 nitrogen and oxygen atoms in total. The highest BCUT2D eigenvalue weighted by molar-refractivity contribution is 5.66. The molecule has 5 fully saturated rings. The first-order valence-electron chi connectivity index (χ1n) is 14.7. The predicted molar refractivity (Wildman–Crippen MR) is 140 cm³/mol. The van der Waals surface area contributed by atoms with Gasteiger partial charge in [0.25, 0.3) is 0 Å². The molecular weight excluding hydrogens is 432 g/mol. The Kier molecular flexibility index (Phi) is 4.88. The second kappa shape index (κ2) is 6.97. The van der Waals surface area contributed by atoms with Crippen LogP contribution < -0.4 is 0 Å². The summed E-state index contributed by atoms with van der Waals surface area (Å²) in [4.78, 5) is 11.9. The van der Waals surface area contributed by atoms with Gasteiger partial charge in [-0.1, -0.05) is 60.6 Å². The first-order valence-corrected chi connectivity index (χ1v) is 14.7. The zero-order valence-corrected chi connectivity index (χ0v) is 23.8. The zero-order valence-electron chi connectivity index (χ0n) is 23.8. The molecule has 0 amide bonds. The molecule has 0 aromatic heterocycles. The fourth-order valence-corrected chi connectivity index (χ4v) is 11.6. The van der Waals surface area contributed by atoms with Crippen molar-refractivity contribution in [2.24, 2.45) is 50.2 Å². The Morgan fingerprint density at radius 3 is 2.31 bits per heavy atom. The largest absolute Gasteiger partial charge is 0.462 e. The molecule has 0 aromatic rings. The molecule has 6 aliphatic rings. The molecule has 196 valence electrons. The Bertz CT molecular complexity index is 964. The SMILES string of the molecule is CC(=O)OC1CCC2(C)C(CCC3(C)C2C=CC24OCC5(CCC(C)(C)CC52)CCC34C)C1(C)C. The highest BCUT2D eigenvalue weighted by Gasteiger charge is 2.76. The van der Waals surface area contributed by atoms with Crippen LogP contribution in [0.3, 0.4) is 0 Å². The van der Waals surface area contributed by atoms with E-state index in [1.165, 1.54) is 44.9 Å². The van der Waals surface area contributed by atoms with Gasteiger partial charge in [-0.05, 0) is 91.3 Å². The Hall–Kier alpha value is -0.830. The summed E-state index contributed by atoms with van der Waals surface area (Å²) in [5.41, 5.74) is 1.37. The normalized spacial score (nSPS) is 55.2. The van der Waals surface area contributed by atoms with Crippen LogP contribution in [0.1, 0.15) is 113 Å². The molecule has 4 saturated carbocycles. The van der Waals surface area contributed by atoms with Gasteiger partial charge in [-0.15, -0.1) is 0 Å². The van der Waals surface area contributed by atoms with Crippen LogP contribution in [0.4, 0.5) is 0 Å². The van der Waals surface area contributed by atoms with Crippen molar-refractivity contribution in [3.8, 4) is 0 Å². The van der Waals surface area contributed by atoms with Crippen LogP contribution in [0.15, 0.2) is 12.2 Å². The number of allylic oxidation sites excluding steroid dienone is 1. The molecule has 0 aromatic carbocycles. The minimum absolute atomic E-state index is 0.00283. The number of esters is 1. The fourth-order valence-electron chi connectivity index (χ4n) is 11.6. The average molecular weight is 483 g/mol. The highest BCUT2D eigenvalue weighted by Crippen LogP contribution is 2.79. The summed E-state index contributed by atoms with van der Waals surface area (Å²) >= 11 is 0. The van der Waals surface area contributed by atoms with E-state index in [0.29, 0.717) is 28.6 Å². The zero-order chi connectivity index (χ0) is 25.3. The standard InChI is InChI=1S/C32H50O3/c1-21(33)35-25-11-12-28(6)22(27(25,4)5)9-13-29(7)23(28)10-14-32-24-19-26(2,3)15-17-31(24,20-34-32)18-16-30(29,32)8/h10,14,22-25H,9,11-13,15-20H2,1-8H3. The van der Waals surface area contributed by atoms with Gasteiger partial charge in [0.05, 0.1) is 12.2 Å². The minimum Gasteiger partial charge on any atom is -0.462 e. The van der Waals surface area contributed by atoms with Crippen molar-refractivity contribution in [3.63, 3.8) is 0 Å². The van der Waals surface area contributed by atoms with Gasteiger partial charge < -0.3 is 9.47 Å². The molecule has 6 rings (SSSR count). The van der Waals surface area contributed by atoms with E-state index in [0.717, 1.165) is 19.4 Å². The fraction of sp³-hybridized carbons (Fsp3) is 0.906. The van der Waals surface area contributed by atoms with Gasteiger partial charge >= 0.3 is 5.97 Å². The topological polar surface area (TPSA) is 35.5 Å². The lowest BCUT2D eigenvalue weighted by Gasteiger charge is -2.72. The van der Waals surface area contributed by atoms with E-state index in [-0.39, 0.29) is 39.3 Å². The summed E-state index contributed by atoms with van der Waals surface area (Å²) in [5.74, 6) is 1.65. The van der Waals surface area contributed by atoms with Crippen LogP contribution in [0.2, 0.25) is 0 Å². The molecule has 1 saturated heterocycles. The number of hydrogen-bond acceptors (Lipinski definition) is 3. The van der Waals surface area contributed by atoms with Gasteiger partial charge in [0, 0.05) is 23.7 Å². The number of carbonyl (C=O) groups excluding carboxylic acids is 1. The Morgan fingerprint density at radius 1 is 0.886 bits per heavy atom. The maximum absolute atomic E-state index is 11.9. The lowest BCUT2D eigenvalue weighted by molar-refractivity contribution is -0.244. The van der Waals surface area contributed by atoms with Crippen molar-refractivity contribution in [2.45, 2.75) is 125 Å². The average Bonchev–Trinajstić information content (AvgIpc) is 2.99. The Balaban J connectivity index is 1.42. The van der Waals surface area contributed by atoms with E-state index < -0.39 is 0 Å². The van der Waals surface area contributed by atoms with Gasteiger partial charge in [0.15, 0.2) is 0 Å². The molecule has 9 unspecified atom stereocenters. The van der Waals surface area contributed by atoms with Gasteiger partial charge in [0.1, 0.15) is 6.10 Å². The molecule has 35 heavy (non-hydrogen) atoms. The number of fused-ring (bicyclic) bond motifs is 4. The van der Waals surface area contributed by atoms with Gasteiger partial charge in [-0.3, -0.25) is 4.79 Å². The first kappa shape index (κ1) is 24.5. The van der Waals surface area contributed by atoms with Crippen LogP contribution in [0, 0.1) is 50.2 Å². The van der Waals surface area contributed by atoms with E-state index in [1.807, 2.05) is 0 Å². The van der Waals surface area contributed by atoms with E-state index in [4.69, 9.17) is 9.47 Å². The van der Waals surface area contributed by atoms with Crippen molar-refractivity contribution < 1.29 is 14.3 Å². The molecule has 0 N–H and O–H groups in total. The molecule has 1 heterocycles. The summed E-state index contributed by atoms with van der Waals surface area (Å²) in [6, 6.07) is 0. The van der Waals surface area contributed by atoms with Crippen molar-refractivity contribution in [3.05, 3.63) is 12.2 Å². The number of ether oxygens (including phenoxy) is 2. The van der Waals surface area contributed by atoms with Crippen molar-refractivity contribution in [1.82, 2.24) is 0 Å². The molecule has 3 heteroatoms. The maximum Gasteiger partial charge on any atom is 0.302 e. The number of carbonyl (C=O) groups is 1. The Labute approximate surface area is 214 Å². The van der Waals surface area contributed by atoms with Crippen molar-refractivity contribution in [2.75, 3.05) is 6.61 Å². The van der Waals surface area contributed by atoms with Crippen molar-refractivity contribution in [1.29, 1.82) is 0 Å². The molecule has 9 atom stereocenters. The molecule has 1 aliphatic heterocycles. The third kappa shape index (κ3) is 2.81. The molecule has 1 spiro atoms. The molecule has 5 aliphatic carbocycles. The van der Waals surface area contributed by atoms with Gasteiger partial charge in [-0.2, -0.15) is 0 Å². The minimum atomic E-state index is -0.126. The summed E-state index contributed by atoms with van der Waals surface area (Å²) in [6.45, 7) is 20.2. The van der Waals surface area contributed by atoms with Gasteiger partial charge in [0.2, 0.25) is 0 Å². The first-order chi connectivity index (χ1) is 16.2. The highest BCUT2D eigenvalue weighted by atomic mass is 16.5.